The maximum atomic E-state index is 14.8. The summed E-state index contributed by atoms with van der Waals surface area (Å²) in [5.41, 5.74) is -1.41. The highest BCUT2D eigenvalue weighted by Crippen LogP contribution is 2.50. The third-order valence-corrected chi connectivity index (χ3v) is 8.64. The minimum absolute atomic E-state index is 0.131. The molecule has 0 radical (unpaired) electrons. The molecule has 4 nitrogen and oxygen atoms in total. The largest absolute Gasteiger partial charge is 0.550 e. The summed E-state index contributed by atoms with van der Waals surface area (Å²) in [4.78, 5) is 10.3. The Labute approximate surface area is 182 Å². The molecule has 1 aliphatic rings. The smallest absolute Gasteiger partial charge is 0.416 e. The number of aliphatic carboxylic acids is 1. The Bertz CT molecular complexity index is 1090. The monoisotopic (exact) mass is 475 g/mol. The van der Waals surface area contributed by atoms with Gasteiger partial charge in [0, 0.05) is 11.5 Å². The Morgan fingerprint density at radius 1 is 1.03 bits per heavy atom. The minimum atomic E-state index is -4.66. The average molecular weight is 475 g/mol. The molecule has 2 aromatic rings. The lowest BCUT2D eigenvalue weighted by Crippen LogP contribution is -2.41. The van der Waals surface area contributed by atoms with E-state index in [0.29, 0.717) is 12.1 Å². The van der Waals surface area contributed by atoms with Crippen LogP contribution in [0.2, 0.25) is 0 Å². The molecule has 0 N–H and O–H groups in total. The standard InChI is InChI=1S/C22H21F5O4S/c23-16-4-7-19(24)18(13-16)21(11-9-14(10-12-21)1-8-20(28)29)32(30,31)17-5-2-15(3-6-17)22(25,26)27/h2-7,13-14H,1,8-12H2,(H,28,29)/p-1. The van der Waals surface area contributed by atoms with Crippen LogP contribution in [0.3, 0.4) is 0 Å². The van der Waals surface area contributed by atoms with Gasteiger partial charge in [-0.05, 0) is 86.9 Å². The van der Waals surface area contributed by atoms with Crippen LogP contribution in [-0.2, 0) is 25.6 Å². The summed E-state index contributed by atoms with van der Waals surface area (Å²) in [6, 6.07) is 5.37. The number of carbonyl (C=O) groups is 1. The number of alkyl halides is 3. The lowest BCUT2D eigenvalue weighted by Gasteiger charge is -2.40. The van der Waals surface area contributed by atoms with Crippen molar-refractivity contribution < 1.29 is 40.3 Å². The first-order chi connectivity index (χ1) is 14.9. The van der Waals surface area contributed by atoms with E-state index in [0.717, 1.165) is 30.3 Å². The number of sulfone groups is 1. The van der Waals surface area contributed by atoms with Gasteiger partial charge < -0.3 is 9.90 Å². The van der Waals surface area contributed by atoms with Crippen molar-refractivity contribution in [1.29, 1.82) is 0 Å². The SMILES string of the molecule is O=C([O-])CCC1CCC(c2cc(F)ccc2F)(S(=O)(=O)c2ccc(C(F)(F)F)cc2)CC1. The average Bonchev–Trinajstić information content (AvgIpc) is 2.73. The lowest BCUT2D eigenvalue weighted by molar-refractivity contribution is -0.306. The number of benzene rings is 2. The zero-order valence-electron chi connectivity index (χ0n) is 16.8. The molecule has 174 valence electrons. The second-order valence-electron chi connectivity index (χ2n) is 8.00. The molecule has 0 spiro atoms. The highest BCUT2D eigenvalue weighted by molar-refractivity contribution is 7.92. The minimum Gasteiger partial charge on any atom is -0.550 e. The molecule has 3 rings (SSSR count). The molecular weight excluding hydrogens is 455 g/mol. The number of carbonyl (C=O) groups excluding carboxylic acids is 1. The fourth-order valence-electron chi connectivity index (χ4n) is 4.33. The molecule has 0 atom stereocenters. The van der Waals surface area contributed by atoms with Crippen LogP contribution in [0.5, 0.6) is 0 Å². The Hall–Kier alpha value is -2.49. The predicted molar refractivity (Wildman–Crippen MR) is 103 cm³/mol. The molecular formula is C22H20F5O4S-. The number of hydrogen-bond acceptors (Lipinski definition) is 4. The van der Waals surface area contributed by atoms with Crippen LogP contribution in [0.1, 0.15) is 49.7 Å². The molecule has 0 bridgehead atoms. The summed E-state index contributed by atoms with van der Waals surface area (Å²) in [6.07, 6.45) is -4.43. The van der Waals surface area contributed by atoms with Crippen molar-refractivity contribution >= 4 is 15.8 Å². The van der Waals surface area contributed by atoms with Crippen LogP contribution < -0.4 is 5.11 Å². The normalized spacial score (nSPS) is 22.0. The zero-order chi connectivity index (χ0) is 23.7. The molecule has 0 amide bonds. The van der Waals surface area contributed by atoms with E-state index in [4.69, 9.17) is 0 Å². The predicted octanol–water partition coefficient (Wildman–Crippen LogP) is 4.37. The van der Waals surface area contributed by atoms with E-state index in [1.54, 1.807) is 0 Å². The third-order valence-electron chi connectivity index (χ3n) is 6.10. The van der Waals surface area contributed by atoms with Gasteiger partial charge in [0.1, 0.15) is 16.4 Å². The number of carboxylic acid groups (broad SMARTS) is 1. The van der Waals surface area contributed by atoms with E-state index in [-0.39, 0.29) is 50.0 Å². The molecule has 0 aliphatic heterocycles. The van der Waals surface area contributed by atoms with E-state index in [1.807, 2.05) is 0 Å². The first-order valence-corrected chi connectivity index (χ1v) is 11.4. The van der Waals surface area contributed by atoms with Crippen LogP contribution in [0.25, 0.3) is 0 Å². The number of rotatable bonds is 6. The summed E-state index contributed by atoms with van der Waals surface area (Å²) in [5, 5.41) is 10.7. The van der Waals surface area contributed by atoms with Crippen molar-refractivity contribution in [1.82, 2.24) is 0 Å². The molecule has 1 aliphatic carbocycles. The van der Waals surface area contributed by atoms with Crippen molar-refractivity contribution in [2.45, 2.75) is 54.3 Å². The van der Waals surface area contributed by atoms with Gasteiger partial charge in [-0.15, -0.1) is 0 Å². The van der Waals surface area contributed by atoms with E-state index in [1.165, 1.54) is 0 Å². The van der Waals surface area contributed by atoms with Gasteiger partial charge in [-0.25, -0.2) is 17.2 Å². The molecule has 1 fully saturated rings. The van der Waals surface area contributed by atoms with Crippen LogP contribution in [0, 0.1) is 17.6 Å². The topological polar surface area (TPSA) is 74.3 Å². The molecule has 10 heteroatoms. The maximum absolute atomic E-state index is 14.8. The fraction of sp³-hybridized carbons (Fsp3) is 0.409. The zero-order valence-corrected chi connectivity index (χ0v) is 17.6. The first-order valence-electron chi connectivity index (χ1n) is 9.94. The molecule has 2 aromatic carbocycles. The summed E-state index contributed by atoms with van der Waals surface area (Å²) in [7, 11) is -4.44. The van der Waals surface area contributed by atoms with Crippen LogP contribution in [-0.4, -0.2) is 14.4 Å². The van der Waals surface area contributed by atoms with Gasteiger partial charge >= 0.3 is 6.18 Å². The lowest BCUT2D eigenvalue weighted by atomic mass is 9.76. The van der Waals surface area contributed by atoms with E-state index < -0.39 is 48.8 Å². The highest BCUT2D eigenvalue weighted by atomic mass is 32.2. The fourth-order valence-corrected chi connectivity index (χ4v) is 6.50. The Kier molecular flexibility index (Phi) is 6.65. The Balaban J connectivity index is 2.05. The molecule has 0 aromatic heterocycles. The quantitative estimate of drug-likeness (QED) is 0.582. The van der Waals surface area contributed by atoms with Gasteiger partial charge in [0.25, 0.3) is 0 Å². The van der Waals surface area contributed by atoms with Gasteiger partial charge in [-0.3, -0.25) is 0 Å². The van der Waals surface area contributed by atoms with Gasteiger partial charge in [0.15, 0.2) is 9.84 Å². The number of halogens is 5. The highest BCUT2D eigenvalue weighted by Gasteiger charge is 2.50. The van der Waals surface area contributed by atoms with Crippen molar-refractivity contribution in [3.63, 3.8) is 0 Å². The molecule has 32 heavy (non-hydrogen) atoms. The molecule has 0 heterocycles. The van der Waals surface area contributed by atoms with Gasteiger partial charge in [0.05, 0.1) is 10.5 Å². The summed E-state index contributed by atoms with van der Waals surface area (Å²) < 4.78 is 92.8. The molecule has 0 unspecified atom stereocenters. The van der Waals surface area contributed by atoms with E-state index in [9.17, 15) is 40.3 Å². The second-order valence-corrected chi connectivity index (χ2v) is 10.3. The van der Waals surface area contributed by atoms with Crippen LogP contribution in [0.4, 0.5) is 22.0 Å². The third kappa shape index (κ3) is 4.65. The van der Waals surface area contributed by atoms with Gasteiger partial charge in [-0.2, -0.15) is 13.2 Å². The van der Waals surface area contributed by atoms with Crippen molar-refractivity contribution in [2.24, 2.45) is 5.92 Å². The maximum Gasteiger partial charge on any atom is 0.416 e. The molecule has 0 saturated heterocycles. The Morgan fingerprint density at radius 2 is 1.62 bits per heavy atom. The van der Waals surface area contributed by atoms with Crippen molar-refractivity contribution in [3.8, 4) is 0 Å². The van der Waals surface area contributed by atoms with E-state index in [2.05, 4.69) is 0 Å². The van der Waals surface area contributed by atoms with Crippen LogP contribution >= 0.6 is 0 Å². The van der Waals surface area contributed by atoms with Crippen LogP contribution in [0.15, 0.2) is 47.4 Å². The molecule has 1 saturated carbocycles. The first kappa shape index (κ1) is 24.2. The van der Waals surface area contributed by atoms with Crippen molar-refractivity contribution in [3.05, 3.63) is 65.2 Å². The summed E-state index contributed by atoms with van der Waals surface area (Å²) >= 11 is 0. The Morgan fingerprint density at radius 3 is 2.16 bits per heavy atom. The number of carboxylic acids is 1. The van der Waals surface area contributed by atoms with Gasteiger partial charge in [0.2, 0.25) is 0 Å². The van der Waals surface area contributed by atoms with Gasteiger partial charge in [-0.1, -0.05) is 0 Å². The van der Waals surface area contributed by atoms with Crippen molar-refractivity contribution in [2.75, 3.05) is 0 Å². The summed E-state index contributed by atoms with van der Waals surface area (Å²) in [5.74, 6) is -3.17. The van der Waals surface area contributed by atoms with E-state index >= 15 is 0 Å². The second kappa shape index (κ2) is 8.80. The number of hydrogen-bond donors (Lipinski definition) is 0. The summed E-state index contributed by atoms with van der Waals surface area (Å²) in [6.45, 7) is 0.